The number of rotatable bonds is 6. The Balaban J connectivity index is 1.25. The molecule has 0 radical (unpaired) electrons. The number of thiophene rings is 1. The predicted octanol–water partition coefficient (Wildman–Crippen LogP) is 3.28. The van der Waals surface area contributed by atoms with E-state index in [2.05, 4.69) is 15.3 Å². The summed E-state index contributed by atoms with van der Waals surface area (Å²) in [5.74, 6) is 1.13. The molecule has 0 bridgehead atoms. The predicted molar refractivity (Wildman–Crippen MR) is 123 cm³/mol. The number of alkyl halides is 1. The van der Waals surface area contributed by atoms with Crippen LogP contribution in [0.4, 0.5) is 5.95 Å². The van der Waals surface area contributed by atoms with E-state index in [0.29, 0.717) is 45.1 Å². The molecule has 1 fully saturated rings. The van der Waals surface area contributed by atoms with Crippen molar-refractivity contribution in [3.63, 3.8) is 0 Å². The number of carboxylic acids is 1. The number of halogens is 1. The molecule has 1 aromatic carbocycles. The third kappa shape index (κ3) is 4.07. The van der Waals surface area contributed by atoms with Crippen LogP contribution in [0.15, 0.2) is 35.8 Å². The molecule has 10 heteroatoms. The number of carboxylic acid groups (broad SMARTS) is 1. The zero-order chi connectivity index (χ0) is 22.1. The Morgan fingerprint density at radius 1 is 1.31 bits per heavy atom. The summed E-state index contributed by atoms with van der Waals surface area (Å²) < 4.78 is 11.2. The van der Waals surface area contributed by atoms with E-state index in [9.17, 15) is 9.90 Å². The van der Waals surface area contributed by atoms with Gasteiger partial charge in [0.05, 0.1) is 0 Å². The number of aliphatic carboxylic acids is 1. The Labute approximate surface area is 194 Å². The summed E-state index contributed by atoms with van der Waals surface area (Å²) in [5.41, 5.74) is -0.567. The maximum Gasteiger partial charge on any atom is 0.324 e. The van der Waals surface area contributed by atoms with Gasteiger partial charge in [-0.3, -0.25) is 4.79 Å². The fraction of sp³-hybridized carbons (Fsp3) is 0.409. The first kappa shape index (κ1) is 21.2. The highest BCUT2D eigenvalue weighted by Crippen LogP contribution is 2.33. The average Bonchev–Trinajstić information content (AvgIpc) is 3.27. The van der Waals surface area contributed by atoms with Crippen LogP contribution in [0.2, 0.25) is 0 Å². The van der Waals surface area contributed by atoms with Crippen molar-refractivity contribution < 1.29 is 19.4 Å². The Morgan fingerprint density at radius 3 is 2.97 bits per heavy atom. The van der Waals surface area contributed by atoms with Crippen molar-refractivity contribution in [2.24, 2.45) is 0 Å². The van der Waals surface area contributed by atoms with Gasteiger partial charge in [-0.2, -0.15) is 0 Å². The van der Waals surface area contributed by atoms with E-state index in [1.54, 1.807) is 17.5 Å². The summed E-state index contributed by atoms with van der Waals surface area (Å²) in [6, 6.07) is 7.80. The molecule has 0 aliphatic carbocycles. The number of fused-ring (bicyclic) bond motifs is 2. The number of nitrogens with zero attached hydrogens (tertiary/aromatic N) is 3. The SMILES string of the molecule is O=C(O)C1(NCCc2ccc3c(c2)OCCO3)CCN(c2ncc3ccsc3n2)C(Cl)C1. The summed E-state index contributed by atoms with van der Waals surface area (Å²) in [6.07, 6.45) is 3.10. The highest BCUT2D eigenvalue weighted by Gasteiger charge is 2.45. The zero-order valence-corrected chi connectivity index (χ0v) is 18.9. The monoisotopic (exact) mass is 474 g/mol. The van der Waals surface area contributed by atoms with Crippen molar-refractivity contribution >= 4 is 45.1 Å². The van der Waals surface area contributed by atoms with E-state index in [0.717, 1.165) is 27.3 Å². The van der Waals surface area contributed by atoms with Crippen LogP contribution in [0.3, 0.4) is 0 Å². The zero-order valence-electron chi connectivity index (χ0n) is 17.3. The average molecular weight is 475 g/mol. The summed E-state index contributed by atoms with van der Waals surface area (Å²) >= 11 is 8.21. The molecule has 32 heavy (non-hydrogen) atoms. The van der Waals surface area contributed by atoms with E-state index in [-0.39, 0.29) is 6.42 Å². The van der Waals surface area contributed by atoms with Gasteiger partial charge in [-0.25, -0.2) is 9.97 Å². The fourth-order valence-corrected chi connectivity index (χ4v) is 5.36. The highest BCUT2D eigenvalue weighted by molar-refractivity contribution is 7.16. The smallest absolute Gasteiger partial charge is 0.324 e. The molecule has 2 aromatic heterocycles. The van der Waals surface area contributed by atoms with Crippen molar-refractivity contribution in [2.75, 3.05) is 31.2 Å². The molecule has 2 unspecified atom stereocenters. The molecule has 5 rings (SSSR count). The van der Waals surface area contributed by atoms with Gasteiger partial charge >= 0.3 is 5.97 Å². The van der Waals surface area contributed by atoms with E-state index in [1.165, 1.54) is 0 Å². The van der Waals surface area contributed by atoms with Crippen molar-refractivity contribution in [1.82, 2.24) is 15.3 Å². The van der Waals surface area contributed by atoms with Crippen LogP contribution < -0.4 is 19.7 Å². The van der Waals surface area contributed by atoms with Crippen LogP contribution in [0.5, 0.6) is 11.5 Å². The molecule has 4 heterocycles. The van der Waals surface area contributed by atoms with Gasteiger partial charge in [0.2, 0.25) is 5.95 Å². The molecular formula is C22H23ClN4O4S. The van der Waals surface area contributed by atoms with Gasteiger partial charge < -0.3 is 24.8 Å². The maximum absolute atomic E-state index is 12.2. The summed E-state index contributed by atoms with van der Waals surface area (Å²) in [4.78, 5) is 24.0. The Morgan fingerprint density at radius 2 is 2.16 bits per heavy atom. The van der Waals surface area contributed by atoms with Crippen molar-refractivity contribution in [3.05, 3.63) is 41.4 Å². The minimum atomic E-state index is -1.09. The van der Waals surface area contributed by atoms with E-state index < -0.39 is 17.0 Å². The molecular weight excluding hydrogens is 452 g/mol. The second kappa shape index (κ2) is 8.73. The third-order valence-corrected chi connectivity index (χ3v) is 7.19. The summed E-state index contributed by atoms with van der Waals surface area (Å²) in [7, 11) is 0. The minimum absolute atomic E-state index is 0.247. The second-order valence-corrected chi connectivity index (χ2v) is 9.37. The van der Waals surface area contributed by atoms with Crippen molar-refractivity contribution in [3.8, 4) is 11.5 Å². The minimum Gasteiger partial charge on any atom is -0.486 e. The number of carbonyl (C=O) groups is 1. The van der Waals surface area contributed by atoms with Gasteiger partial charge in [0, 0.05) is 31.1 Å². The number of hydrogen-bond acceptors (Lipinski definition) is 8. The molecule has 1 saturated heterocycles. The molecule has 2 N–H and O–H groups in total. The van der Waals surface area contributed by atoms with Gasteiger partial charge in [0.25, 0.3) is 0 Å². The maximum atomic E-state index is 12.2. The molecule has 2 aliphatic heterocycles. The fourth-order valence-electron chi connectivity index (χ4n) is 4.18. The van der Waals surface area contributed by atoms with E-state index >= 15 is 0 Å². The lowest BCUT2D eigenvalue weighted by Crippen LogP contribution is -2.61. The summed E-state index contributed by atoms with van der Waals surface area (Å²) in [6.45, 7) is 2.05. The number of nitrogens with one attached hydrogen (secondary N) is 1. The van der Waals surface area contributed by atoms with Crippen LogP contribution in [-0.2, 0) is 11.2 Å². The molecule has 8 nitrogen and oxygen atoms in total. The molecule has 168 valence electrons. The standard InChI is InChI=1S/C22H23ClN4O4S/c23-18-12-22(20(28)29,5-7-27(18)21-24-13-15-4-10-32-19(15)26-21)25-6-3-14-1-2-16-17(11-14)31-9-8-30-16/h1-2,4,10-11,13,18,25H,3,5-9,12H2,(H,28,29). The largest absolute Gasteiger partial charge is 0.486 e. The van der Waals surface area contributed by atoms with Crippen LogP contribution in [0.1, 0.15) is 18.4 Å². The quantitative estimate of drug-likeness (QED) is 0.415. The lowest BCUT2D eigenvalue weighted by Gasteiger charge is -2.42. The van der Waals surface area contributed by atoms with Gasteiger partial charge in [0.1, 0.15) is 29.1 Å². The number of hydrogen-bond donors (Lipinski definition) is 2. The first-order valence-electron chi connectivity index (χ1n) is 10.5. The van der Waals surface area contributed by atoms with Crippen LogP contribution >= 0.6 is 22.9 Å². The Kier molecular flexibility index (Phi) is 5.79. The molecule has 2 atom stereocenters. The number of piperidine rings is 1. The highest BCUT2D eigenvalue weighted by atomic mass is 35.5. The van der Waals surface area contributed by atoms with Crippen LogP contribution in [-0.4, -0.2) is 58.4 Å². The topological polar surface area (TPSA) is 96.8 Å². The van der Waals surface area contributed by atoms with Crippen molar-refractivity contribution in [2.45, 2.75) is 30.3 Å². The number of ether oxygens (including phenoxy) is 2. The van der Waals surface area contributed by atoms with Gasteiger partial charge in [-0.05, 0) is 42.0 Å². The molecule has 0 spiro atoms. The lowest BCUT2D eigenvalue weighted by molar-refractivity contribution is -0.146. The molecule has 3 aromatic rings. The number of benzene rings is 1. The normalized spacial score (nSPS) is 22.8. The number of aromatic nitrogens is 2. The summed E-state index contributed by atoms with van der Waals surface area (Å²) in [5, 5.41) is 16.3. The van der Waals surface area contributed by atoms with Crippen LogP contribution in [0.25, 0.3) is 10.2 Å². The van der Waals surface area contributed by atoms with E-state index in [4.69, 9.17) is 21.1 Å². The number of anilines is 1. The second-order valence-electron chi connectivity index (χ2n) is 7.98. The first-order chi connectivity index (χ1) is 15.5. The molecule has 2 aliphatic rings. The van der Waals surface area contributed by atoms with Crippen molar-refractivity contribution in [1.29, 1.82) is 0 Å². The first-order valence-corrected chi connectivity index (χ1v) is 11.8. The third-order valence-electron chi connectivity index (χ3n) is 5.98. The van der Waals surface area contributed by atoms with Crippen LogP contribution in [0, 0.1) is 0 Å². The molecule has 0 saturated carbocycles. The Hall–Kier alpha value is -2.62. The van der Waals surface area contributed by atoms with Gasteiger partial charge in [-0.15, -0.1) is 11.3 Å². The molecule has 0 amide bonds. The van der Waals surface area contributed by atoms with E-state index in [1.807, 2.05) is 34.5 Å². The lowest BCUT2D eigenvalue weighted by atomic mass is 9.87. The van der Waals surface area contributed by atoms with Gasteiger partial charge in [-0.1, -0.05) is 17.7 Å². The van der Waals surface area contributed by atoms with Gasteiger partial charge in [0.15, 0.2) is 11.5 Å². The Bertz CT molecular complexity index is 1140.